The van der Waals surface area contributed by atoms with Gasteiger partial charge in [-0.25, -0.2) is 8.78 Å². The molecule has 2 nitrogen and oxygen atoms in total. The molecule has 0 aromatic heterocycles. The zero-order valence-electron chi connectivity index (χ0n) is 8.57. The molecule has 6 heteroatoms. The third kappa shape index (κ3) is 3.25. The Bertz CT molecular complexity index is 406. The van der Waals surface area contributed by atoms with Gasteiger partial charge in [0.05, 0.1) is 10.0 Å². The summed E-state index contributed by atoms with van der Waals surface area (Å²) in [5.41, 5.74) is -0.0704. The molecule has 0 spiro atoms. The zero-order chi connectivity index (χ0) is 12.5. The highest BCUT2D eigenvalue weighted by Gasteiger charge is 2.25. The molecule has 0 saturated carbocycles. The lowest BCUT2D eigenvalue weighted by Gasteiger charge is -2.17. The normalized spacial score (nSPS) is 11.4. The third-order valence-electron chi connectivity index (χ3n) is 1.79. The van der Waals surface area contributed by atoms with Gasteiger partial charge in [-0.3, -0.25) is 4.79 Å². The number of alkyl halides is 1. The van der Waals surface area contributed by atoms with Crippen LogP contribution in [0.25, 0.3) is 0 Å². The Morgan fingerprint density at radius 2 is 1.94 bits per heavy atom. The van der Waals surface area contributed by atoms with Gasteiger partial charge in [-0.2, -0.15) is 0 Å². The predicted molar refractivity (Wildman–Crippen MR) is 65.7 cm³/mol. The van der Waals surface area contributed by atoms with E-state index in [0.29, 0.717) is 6.07 Å². The number of anilines is 1. The van der Waals surface area contributed by atoms with Crippen molar-refractivity contribution in [3.8, 4) is 0 Å². The number of rotatable bonds is 2. The van der Waals surface area contributed by atoms with E-state index in [1.165, 1.54) is 0 Å². The molecule has 0 fully saturated rings. The fourth-order valence-corrected chi connectivity index (χ4v) is 1.53. The van der Waals surface area contributed by atoms with Crippen molar-refractivity contribution in [2.24, 2.45) is 0 Å². The van der Waals surface area contributed by atoms with Crippen LogP contribution in [0, 0.1) is 11.6 Å². The molecular formula is C10H9Br2F2NO. The van der Waals surface area contributed by atoms with Gasteiger partial charge in [-0.15, -0.1) is 0 Å². The van der Waals surface area contributed by atoms with E-state index in [9.17, 15) is 13.6 Å². The van der Waals surface area contributed by atoms with Crippen LogP contribution in [0.3, 0.4) is 0 Å². The number of hydrogen-bond acceptors (Lipinski definition) is 1. The van der Waals surface area contributed by atoms with E-state index < -0.39 is 21.9 Å². The van der Waals surface area contributed by atoms with Crippen LogP contribution in [0.1, 0.15) is 13.8 Å². The Balaban J connectivity index is 3.03. The summed E-state index contributed by atoms with van der Waals surface area (Å²) in [4.78, 5) is 11.6. The van der Waals surface area contributed by atoms with E-state index in [1.54, 1.807) is 13.8 Å². The fraction of sp³-hybridized carbons (Fsp3) is 0.300. The molecular weight excluding hydrogens is 348 g/mol. The fourth-order valence-electron chi connectivity index (χ4n) is 0.924. The van der Waals surface area contributed by atoms with E-state index in [1.807, 2.05) is 0 Å². The second kappa shape index (κ2) is 4.79. The number of carbonyl (C=O) groups excluding carboxylic acids is 1. The molecule has 0 saturated heterocycles. The minimum atomic E-state index is -0.826. The highest BCUT2D eigenvalue weighted by molar-refractivity contribution is 9.10. The van der Waals surface area contributed by atoms with Crippen molar-refractivity contribution in [3.63, 3.8) is 0 Å². The molecule has 0 atom stereocenters. The third-order valence-corrected chi connectivity index (χ3v) is 2.77. The first-order valence-electron chi connectivity index (χ1n) is 4.36. The first kappa shape index (κ1) is 13.6. The van der Waals surface area contributed by atoms with Crippen LogP contribution in [-0.4, -0.2) is 10.2 Å². The molecule has 0 aliphatic heterocycles. The molecule has 0 aliphatic carbocycles. The molecule has 1 rings (SSSR count). The monoisotopic (exact) mass is 355 g/mol. The highest BCUT2D eigenvalue weighted by atomic mass is 79.9. The predicted octanol–water partition coefficient (Wildman–Crippen LogP) is 3.84. The van der Waals surface area contributed by atoms with Crippen molar-refractivity contribution in [1.82, 2.24) is 0 Å². The molecule has 0 radical (unpaired) electrons. The van der Waals surface area contributed by atoms with E-state index in [4.69, 9.17) is 0 Å². The molecule has 0 heterocycles. The Morgan fingerprint density at radius 3 is 2.38 bits per heavy atom. The van der Waals surface area contributed by atoms with Gasteiger partial charge in [0.1, 0.15) is 5.82 Å². The first-order chi connectivity index (χ1) is 7.21. The lowest BCUT2D eigenvalue weighted by molar-refractivity contribution is -0.117. The number of benzene rings is 1. The van der Waals surface area contributed by atoms with E-state index >= 15 is 0 Å². The summed E-state index contributed by atoms with van der Waals surface area (Å²) < 4.78 is 25.5. The summed E-state index contributed by atoms with van der Waals surface area (Å²) in [6, 6.07) is 1.79. The van der Waals surface area contributed by atoms with Crippen molar-refractivity contribution >= 4 is 43.5 Å². The minimum absolute atomic E-state index is 0.0704. The van der Waals surface area contributed by atoms with Crippen molar-refractivity contribution in [1.29, 1.82) is 0 Å². The maximum atomic E-state index is 13.4. The second-order valence-electron chi connectivity index (χ2n) is 3.67. The Kier molecular flexibility index (Phi) is 4.07. The lowest BCUT2D eigenvalue weighted by atomic mass is 10.2. The first-order valence-corrected chi connectivity index (χ1v) is 5.95. The summed E-state index contributed by atoms with van der Waals surface area (Å²) in [5.74, 6) is -1.95. The molecule has 0 bridgehead atoms. The van der Waals surface area contributed by atoms with Crippen LogP contribution in [-0.2, 0) is 4.79 Å². The average Bonchev–Trinajstić information content (AvgIpc) is 2.08. The number of hydrogen-bond donors (Lipinski definition) is 1. The molecule has 1 N–H and O–H groups in total. The van der Waals surface area contributed by atoms with Crippen molar-refractivity contribution in [2.45, 2.75) is 18.2 Å². The maximum absolute atomic E-state index is 13.4. The van der Waals surface area contributed by atoms with E-state index in [0.717, 1.165) is 6.07 Å². The van der Waals surface area contributed by atoms with Crippen molar-refractivity contribution in [2.75, 3.05) is 5.32 Å². The Morgan fingerprint density at radius 1 is 1.38 bits per heavy atom. The summed E-state index contributed by atoms with van der Waals surface area (Å²) in [7, 11) is 0. The van der Waals surface area contributed by atoms with Crippen molar-refractivity contribution < 1.29 is 13.6 Å². The maximum Gasteiger partial charge on any atom is 0.240 e. The number of nitrogens with one attached hydrogen (secondary N) is 1. The van der Waals surface area contributed by atoms with Crippen LogP contribution < -0.4 is 5.32 Å². The largest absolute Gasteiger partial charge is 0.321 e. The highest BCUT2D eigenvalue weighted by Crippen LogP contribution is 2.28. The standard InChI is InChI=1S/C10H9Br2F2NO/c1-10(2,12)9(16)15-8-6(11)3-5(13)4-7(8)14/h3-4H,1-2H3,(H,15,16). The lowest BCUT2D eigenvalue weighted by Crippen LogP contribution is -2.31. The molecule has 88 valence electrons. The molecule has 16 heavy (non-hydrogen) atoms. The van der Waals surface area contributed by atoms with Gasteiger partial charge < -0.3 is 5.32 Å². The summed E-state index contributed by atoms with van der Waals surface area (Å²) in [6.07, 6.45) is 0. The van der Waals surface area contributed by atoms with Gasteiger partial charge in [0, 0.05) is 10.5 Å². The molecule has 1 aromatic rings. The van der Waals surface area contributed by atoms with Crippen LogP contribution in [0.2, 0.25) is 0 Å². The van der Waals surface area contributed by atoms with Crippen LogP contribution in [0.15, 0.2) is 16.6 Å². The smallest absolute Gasteiger partial charge is 0.240 e. The quantitative estimate of drug-likeness (QED) is 0.801. The number of halogens is 4. The van der Waals surface area contributed by atoms with Crippen LogP contribution in [0.4, 0.5) is 14.5 Å². The van der Waals surface area contributed by atoms with E-state index in [2.05, 4.69) is 37.2 Å². The molecule has 0 unspecified atom stereocenters. The Hall–Kier alpha value is -0.490. The van der Waals surface area contributed by atoms with Crippen LogP contribution >= 0.6 is 31.9 Å². The SMILES string of the molecule is CC(C)(Br)C(=O)Nc1c(F)cc(F)cc1Br. The summed E-state index contributed by atoms with van der Waals surface area (Å²) in [6.45, 7) is 3.25. The van der Waals surface area contributed by atoms with Gasteiger partial charge in [-0.05, 0) is 35.8 Å². The number of carbonyl (C=O) groups is 1. The van der Waals surface area contributed by atoms with Crippen LogP contribution in [0.5, 0.6) is 0 Å². The topological polar surface area (TPSA) is 29.1 Å². The Labute approximate surface area is 109 Å². The van der Waals surface area contributed by atoms with Gasteiger partial charge in [0.2, 0.25) is 5.91 Å². The van der Waals surface area contributed by atoms with Crippen molar-refractivity contribution in [3.05, 3.63) is 28.2 Å². The van der Waals surface area contributed by atoms with Gasteiger partial charge >= 0.3 is 0 Å². The summed E-state index contributed by atoms with van der Waals surface area (Å²) >= 11 is 6.12. The second-order valence-corrected chi connectivity index (χ2v) is 6.51. The van der Waals surface area contributed by atoms with Gasteiger partial charge in [0.15, 0.2) is 5.82 Å². The average molecular weight is 357 g/mol. The van der Waals surface area contributed by atoms with Gasteiger partial charge in [0.25, 0.3) is 0 Å². The molecule has 0 aliphatic rings. The molecule has 1 aromatic carbocycles. The molecule has 1 amide bonds. The summed E-state index contributed by atoms with van der Waals surface area (Å²) in [5, 5.41) is 2.37. The number of amides is 1. The minimum Gasteiger partial charge on any atom is -0.321 e. The van der Waals surface area contributed by atoms with Gasteiger partial charge in [-0.1, -0.05) is 15.9 Å². The van der Waals surface area contributed by atoms with E-state index in [-0.39, 0.29) is 10.2 Å². The zero-order valence-corrected chi connectivity index (χ0v) is 11.7.